The van der Waals surface area contributed by atoms with Crippen LogP contribution in [0.5, 0.6) is 0 Å². The molecule has 0 rings (SSSR count). The van der Waals surface area contributed by atoms with E-state index < -0.39 is 0 Å². The third-order valence-electron chi connectivity index (χ3n) is 2.57. The van der Waals surface area contributed by atoms with Crippen LogP contribution in [-0.4, -0.2) is 38.0 Å². The quantitative estimate of drug-likeness (QED) is 0.429. The Morgan fingerprint density at radius 2 is 1.63 bits per heavy atom. The first-order chi connectivity index (χ1) is 8.95. The maximum atomic E-state index is 11.4. The highest BCUT2D eigenvalue weighted by atomic mass is 16.6. The monoisotopic (exact) mass is 274 g/mol. The van der Waals surface area contributed by atoms with Crippen LogP contribution in [0.25, 0.3) is 0 Å². The molecule has 0 radical (unpaired) electrons. The van der Waals surface area contributed by atoms with Crippen molar-refractivity contribution in [1.29, 1.82) is 0 Å². The number of carbonyl (C=O) groups is 1. The molecule has 0 heterocycles. The molecule has 0 amide bonds. The Morgan fingerprint density at radius 3 is 2.21 bits per heavy atom. The number of carbonyl (C=O) groups excluding carboxylic acids is 1. The third kappa shape index (κ3) is 12.2. The Hall–Kier alpha value is -0.610. The largest absolute Gasteiger partial charge is 0.463 e. The molecular formula is C15H30O4. The van der Waals surface area contributed by atoms with Crippen LogP contribution >= 0.6 is 0 Å². The van der Waals surface area contributed by atoms with Crippen molar-refractivity contribution in [3.8, 4) is 0 Å². The Balaban J connectivity index is 3.57. The molecule has 0 aromatic heterocycles. The van der Waals surface area contributed by atoms with Crippen LogP contribution in [0.4, 0.5) is 0 Å². The fraction of sp³-hybridized carbons (Fsp3) is 0.933. The molecule has 2 atom stereocenters. The number of hydrogen-bond acceptors (Lipinski definition) is 4. The molecule has 0 saturated carbocycles. The molecule has 0 fully saturated rings. The molecule has 0 saturated heterocycles. The van der Waals surface area contributed by atoms with Crippen LogP contribution in [-0.2, 0) is 19.0 Å². The minimum Gasteiger partial charge on any atom is -0.463 e. The second-order valence-electron chi connectivity index (χ2n) is 5.46. The van der Waals surface area contributed by atoms with Gasteiger partial charge in [-0.05, 0) is 26.2 Å². The molecule has 0 aromatic carbocycles. The van der Waals surface area contributed by atoms with Crippen molar-refractivity contribution in [2.45, 2.75) is 66.1 Å². The van der Waals surface area contributed by atoms with Crippen molar-refractivity contribution in [3.63, 3.8) is 0 Å². The van der Waals surface area contributed by atoms with E-state index in [-0.39, 0.29) is 18.2 Å². The van der Waals surface area contributed by atoms with Gasteiger partial charge < -0.3 is 14.2 Å². The molecule has 0 bridgehead atoms. The zero-order valence-electron chi connectivity index (χ0n) is 13.1. The summed E-state index contributed by atoms with van der Waals surface area (Å²) in [6.07, 6.45) is 2.67. The first-order valence-electron chi connectivity index (χ1n) is 7.34. The first kappa shape index (κ1) is 18.4. The van der Waals surface area contributed by atoms with E-state index >= 15 is 0 Å². The number of unbranched alkanes of at least 4 members (excludes halogenated alkanes) is 1. The normalized spacial score (nSPS) is 14.4. The topological polar surface area (TPSA) is 44.8 Å². The van der Waals surface area contributed by atoms with Crippen molar-refractivity contribution in [1.82, 2.24) is 0 Å². The summed E-state index contributed by atoms with van der Waals surface area (Å²) in [6, 6.07) is 0. The predicted octanol–water partition coefficient (Wildman–Crippen LogP) is 3.19. The van der Waals surface area contributed by atoms with Crippen LogP contribution in [0.1, 0.15) is 53.9 Å². The van der Waals surface area contributed by atoms with E-state index in [4.69, 9.17) is 14.2 Å². The summed E-state index contributed by atoms with van der Waals surface area (Å²) < 4.78 is 16.3. The number of ether oxygens (including phenoxy) is 3. The van der Waals surface area contributed by atoms with Crippen molar-refractivity contribution in [2.24, 2.45) is 5.92 Å². The molecule has 2 unspecified atom stereocenters. The maximum Gasteiger partial charge on any atom is 0.306 e. The lowest BCUT2D eigenvalue weighted by Gasteiger charge is -2.18. The summed E-state index contributed by atoms with van der Waals surface area (Å²) >= 11 is 0. The lowest BCUT2D eigenvalue weighted by molar-refractivity contribution is -0.149. The van der Waals surface area contributed by atoms with Gasteiger partial charge in [0.1, 0.15) is 6.61 Å². The van der Waals surface area contributed by atoms with Gasteiger partial charge in [-0.25, -0.2) is 0 Å². The Morgan fingerprint density at radius 1 is 1.00 bits per heavy atom. The van der Waals surface area contributed by atoms with Crippen LogP contribution in [0, 0.1) is 5.92 Å². The van der Waals surface area contributed by atoms with E-state index in [2.05, 4.69) is 6.92 Å². The smallest absolute Gasteiger partial charge is 0.306 e. The van der Waals surface area contributed by atoms with Crippen LogP contribution in [0.2, 0.25) is 0 Å². The summed E-state index contributed by atoms with van der Waals surface area (Å²) in [5.74, 6) is 0.174. The average Bonchev–Trinajstić information content (AvgIpc) is 2.33. The Bertz CT molecular complexity index is 228. The molecule has 0 aliphatic rings. The highest BCUT2D eigenvalue weighted by Crippen LogP contribution is 2.03. The molecule has 19 heavy (non-hydrogen) atoms. The number of rotatable bonds is 11. The molecule has 0 aliphatic heterocycles. The molecule has 0 aromatic rings. The molecule has 0 spiro atoms. The molecule has 0 N–H and O–H groups in total. The first-order valence-corrected chi connectivity index (χ1v) is 7.34. The zero-order chi connectivity index (χ0) is 14.7. The number of hydrogen-bond donors (Lipinski definition) is 0. The lowest BCUT2D eigenvalue weighted by Crippen LogP contribution is -2.25. The van der Waals surface area contributed by atoms with Crippen LogP contribution < -0.4 is 0 Å². The predicted molar refractivity (Wildman–Crippen MR) is 76.2 cm³/mol. The minimum absolute atomic E-state index is 0.0837. The van der Waals surface area contributed by atoms with Gasteiger partial charge in [0.05, 0.1) is 18.8 Å². The van der Waals surface area contributed by atoms with Gasteiger partial charge in [-0.15, -0.1) is 0 Å². The fourth-order valence-corrected chi connectivity index (χ4v) is 1.43. The van der Waals surface area contributed by atoms with Gasteiger partial charge in [0.2, 0.25) is 0 Å². The molecule has 114 valence electrons. The van der Waals surface area contributed by atoms with Gasteiger partial charge in [-0.2, -0.15) is 0 Å². The molecular weight excluding hydrogens is 244 g/mol. The summed E-state index contributed by atoms with van der Waals surface area (Å²) in [4.78, 5) is 11.4. The van der Waals surface area contributed by atoms with Gasteiger partial charge in [-0.1, -0.05) is 27.2 Å². The third-order valence-corrected chi connectivity index (χ3v) is 2.57. The summed E-state index contributed by atoms with van der Waals surface area (Å²) in [5.41, 5.74) is 0. The second kappa shape index (κ2) is 11.2. The zero-order valence-corrected chi connectivity index (χ0v) is 13.1. The highest BCUT2D eigenvalue weighted by molar-refractivity contribution is 5.69. The fourth-order valence-electron chi connectivity index (χ4n) is 1.43. The SMILES string of the molecule is CCCCOC(C)COC(C)COC(=O)CC(C)C. The van der Waals surface area contributed by atoms with Gasteiger partial charge in [0.25, 0.3) is 0 Å². The van der Waals surface area contributed by atoms with E-state index in [1.807, 2.05) is 27.7 Å². The maximum absolute atomic E-state index is 11.4. The Kier molecular flexibility index (Phi) is 10.9. The lowest BCUT2D eigenvalue weighted by atomic mass is 10.1. The molecule has 0 aliphatic carbocycles. The molecule has 4 heteroatoms. The van der Waals surface area contributed by atoms with Gasteiger partial charge in [0, 0.05) is 13.0 Å². The highest BCUT2D eigenvalue weighted by Gasteiger charge is 2.11. The van der Waals surface area contributed by atoms with E-state index in [0.29, 0.717) is 25.6 Å². The standard InChI is InChI=1S/C15H30O4/c1-6-7-8-17-13(4)10-18-14(5)11-19-15(16)9-12(2)3/h12-14H,6-11H2,1-5H3. The number of esters is 1. The van der Waals surface area contributed by atoms with Gasteiger partial charge in [-0.3, -0.25) is 4.79 Å². The van der Waals surface area contributed by atoms with Crippen LogP contribution in [0.15, 0.2) is 0 Å². The average molecular weight is 274 g/mol. The van der Waals surface area contributed by atoms with E-state index in [0.717, 1.165) is 19.4 Å². The van der Waals surface area contributed by atoms with E-state index in [9.17, 15) is 4.79 Å². The minimum atomic E-state index is -0.155. The van der Waals surface area contributed by atoms with Crippen molar-refractivity contribution in [2.75, 3.05) is 19.8 Å². The van der Waals surface area contributed by atoms with Crippen molar-refractivity contribution < 1.29 is 19.0 Å². The Labute approximate surface area is 117 Å². The van der Waals surface area contributed by atoms with E-state index in [1.54, 1.807) is 0 Å². The van der Waals surface area contributed by atoms with Gasteiger partial charge in [0.15, 0.2) is 0 Å². The van der Waals surface area contributed by atoms with Crippen molar-refractivity contribution in [3.05, 3.63) is 0 Å². The summed E-state index contributed by atoms with van der Waals surface area (Å²) in [6.45, 7) is 11.7. The van der Waals surface area contributed by atoms with Crippen LogP contribution in [0.3, 0.4) is 0 Å². The molecule has 4 nitrogen and oxygen atoms in total. The van der Waals surface area contributed by atoms with E-state index in [1.165, 1.54) is 0 Å². The second-order valence-corrected chi connectivity index (χ2v) is 5.46. The van der Waals surface area contributed by atoms with Crippen molar-refractivity contribution >= 4 is 5.97 Å². The summed E-state index contributed by atoms with van der Waals surface area (Å²) in [7, 11) is 0. The summed E-state index contributed by atoms with van der Waals surface area (Å²) in [5, 5.41) is 0. The van der Waals surface area contributed by atoms with Gasteiger partial charge >= 0.3 is 5.97 Å².